The fourth-order valence-corrected chi connectivity index (χ4v) is 2.99. The van der Waals surface area contributed by atoms with E-state index in [1.54, 1.807) is 18.5 Å². The highest BCUT2D eigenvalue weighted by atomic mass is 28.4. The molecule has 1 heterocycles. The van der Waals surface area contributed by atoms with Crippen molar-refractivity contribution in [1.29, 1.82) is 0 Å². The lowest BCUT2D eigenvalue weighted by Gasteiger charge is -2.36. The lowest BCUT2D eigenvalue weighted by molar-refractivity contribution is 0.112. The van der Waals surface area contributed by atoms with Crippen LogP contribution in [0.1, 0.15) is 36.7 Å². The molecule has 0 atom stereocenters. The lowest BCUT2D eigenvalue weighted by Crippen LogP contribution is -2.40. The quantitative estimate of drug-likeness (QED) is 0.605. The van der Waals surface area contributed by atoms with Gasteiger partial charge in [-0.1, -0.05) is 20.8 Å². The van der Waals surface area contributed by atoms with Crippen molar-refractivity contribution in [1.82, 2.24) is 4.98 Å². The first-order valence-corrected chi connectivity index (χ1v) is 10.2. The Morgan fingerprint density at radius 1 is 1.32 bits per heavy atom. The van der Waals surface area contributed by atoms with Crippen molar-refractivity contribution < 1.29 is 13.6 Å². The molecule has 1 aromatic carbocycles. The minimum Gasteiger partial charge on any atom is -0.413 e. The number of fused-ring (bicyclic) bond motifs is 1. The van der Waals surface area contributed by atoms with Crippen LogP contribution in [0, 0.1) is 5.82 Å². The molecule has 0 aliphatic heterocycles. The van der Waals surface area contributed by atoms with Gasteiger partial charge in [0.25, 0.3) is 0 Å². The van der Waals surface area contributed by atoms with E-state index in [0.717, 1.165) is 10.9 Å². The predicted octanol–water partition coefficient (Wildman–Crippen LogP) is 4.71. The number of carbonyl (C=O) groups is 1. The average Bonchev–Trinajstić information content (AvgIpc) is 2.43. The summed E-state index contributed by atoms with van der Waals surface area (Å²) in [4.78, 5) is 15.2. The van der Waals surface area contributed by atoms with Crippen LogP contribution in [-0.2, 0) is 11.0 Å². The zero-order valence-electron chi connectivity index (χ0n) is 13.7. The third-order valence-corrected chi connectivity index (χ3v) is 9.01. The van der Waals surface area contributed by atoms with E-state index in [9.17, 15) is 9.18 Å². The Kier molecular flexibility index (Phi) is 4.49. The van der Waals surface area contributed by atoms with Gasteiger partial charge in [-0.05, 0) is 41.2 Å². The zero-order valence-corrected chi connectivity index (χ0v) is 14.7. The van der Waals surface area contributed by atoms with Crippen LogP contribution in [0.3, 0.4) is 0 Å². The number of nitrogens with zero attached hydrogens (tertiary/aromatic N) is 1. The van der Waals surface area contributed by atoms with Crippen molar-refractivity contribution in [2.24, 2.45) is 0 Å². The average molecular weight is 319 g/mol. The Bertz CT molecular complexity index is 708. The van der Waals surface area contributed by atoms with Crippen molar-refractivity contribution in [2.75, 3.05) is 0 Å². The van der Waals surface area contributed by atoms with Crippen LogP contribution in [0.25, 0.3) is 10.8 Å². The van der Waals surface area contributed by atoms with Crippen molar-refractivity contribution in [2.45, 2.75) is 45.5 Å². The Labute approximate surface area is 131 Å². The molecule has 3 nitrogen and oxygen atoms in total. The first-order chi connectivity index (χ1) is 10.2. The highest BCUT2D eigenvalue weighted by molar-refractivity contribution is 6.74. The van der Waals surface area contributed by atoms with Gasteiger partial charge in [-0.3, -0.25) is 9.78 Å². The van der Waals surface area contributed by atoms with Gasteiger partial charge in [0.1, 0.15) is 5.82 Å². The molecular formula is C17H22FNO2Si. The van der Waals surface area contributed by atoms with E-state index in [1.807, 2.05) is 0 Å². The summed E-state index contributed by atoms with van der Waals surface area (Å²) in [6.45, 7) is 11.1. The van der Waals surface area contributed by atoms with Crippen LogP contribution < -0.4 is 0 Å². The largest absolute Gasteiger partial charge is 0.413 e. The van der Waals surface area contributed by atoms with Crippen LogP contribution >= 0.6 is 0 Å². The number of hydrogen-bond acceptors (Lipinski definition) is 3. The summed E-state index contributed by atoms with van der Waals surface area (Å²) in [5.74, 6) is -0.512. The molecule has 0 N–H and O–H groups in total. The smallest absolute Gasteiger partial charge is 0.192 e. The summed E-state index contributed by atoms with van der Waals surface area (Å²) in [7, 11) is -1.93. The standard InChI is InChI=1S/C17H22FNO2Si/c1-17(2,3)22(4,5)21-11-12-8-16(18)15(10-20)13-6-7-19-9-14(12)13/h6-10H,11H2,1-5H3. The van der Waals surface area contributed by atoms with E-state index in [2.05, 4.69) is 38.8 Å². The molecule has 1 aromatic heterocycles. The molecule has 0 saturated carbocycles. The number of pyridine rings is 1. The van der Waals surface area contributed by atoms with Crippen molar-refractivity contribution in [3.63, 3.8) is 0 Å². The fourth-order valence-electron chi connectivity index (χ4n) is 2.04. The predicted molar refractivity (Wildman–Crippen MR) is 89.1 cm³/mol. The number of aromatic nitrogens is 1. The maximum atomic E-state index is 14.1. The molecule has 0 aliphatic rings. The van der Waals surface area contributed by atoms with Crippen molar-refractivity contribution in [3.8, 4) is 0 Å². The summed E-state index contributed by atoms with van der Waals surface area (Å²) < 4.78 is 20.3. The number of hydrogen-bond donors (Lipinski definition) is 0. The molecule has 0 saturated heterocycles. The Hall–Kier alpha value is -1.59. The molecule has 2 aromatic rings. The van der Waals surface area contributed by atoms with Crippen LogP contribution in [0.2, 0.25) is 18.1 Å². The molecule has 2 rings (SSSR count). The molecule has 0 bridgehead atoms. The van der Waals surface area contributed by atoms with Crippen molar-refractivity contribution >= 4 is 25.4 Å². The van der Waals surface area contributed by atoms with E-state index in [0.29, 0.717) is 18.3 Å². The van der Waals surface area contributed by atoms with Gasteiger partial charge >= 0.3 is 0 Å². The minimum atomic E-state index is -1.93. The highest BCUT2D eigenvalue weighted by Gasteiger charge is 2.37. The second-order valence-corrected chi connectivity index (χ2v) is 11.8. The maximum Gasteiger partial charge on any atom is 0.192 e. The lowest BCUT2D eigenvalue weighted by atomic mass is 10.0. The monoisotopic (exact) mass is 319 g/mol. The number of halogens is 1. The van der Waals surface area contributed by atoms with Gasteiger partial charge in [-0.15, -0.1) is 0 Å². The second-order valence-electron chi connectivity index (χ2n) is 7.02. The molecule has 5 heteroatoms. The summed E-state index contributed by atoms with van der Waals surface area (Å²) in [5, 5.41) is 1.44. The number of aldehydes is 1. The Balaban J connectivity index is 2.43. The van der Waals surface area contributed by atoms with Crippen molar-refractivity contribution in [3.05, 3.63) is 41.5 Å². The van der Waals surface area contributed by atoms with Gasteiger partial charge in [0.05, 0.1) is 12.2 Å². The molecule has 118 valence electrons. The summed E-state index contributed by atoms with van der Waals surface area (Å²) in [6, 6.07) is 3.05. The van der Waals surface area contributed by atoms with E-state index in [-0.39, 0.29) is 10.6 Å². The van der Waals surface area contributed by atoms with Gasteiger partial charge in [0.15, 0.2) is 14.6 Å². The normalized spacial score (nSPS) is 12.6. The molecule has 0 fully saturated rings. The van der Waals surface area contributed by atoms with Gasteiger partial charge in [0, 0.05) is 17.8 Å². The number of rotatable bonds is 4. The SMILES string of the molecule is CC(C)(C)[Si](C)(C)OCc1cc(F)c(C=O)c2ccncc12. The van der Waals surface area contributed by atoms with Crippen LogP contribution in [0.5, 0.6) is 0 Å². The highest BCUT2D eigenvalue weighted by Crippen LogP contribution is 2.37. The first kappa shape index (κ1) is 16.8. The zero-order chi connectivity index (χ0) is 16.5. The topological polar surface area (TPSA) is 39.2 Å². The fraction of sp³-hybridized carbons (Fsp3) is 0.412. The molecular weight excluding hydrogens is 297 g/mol. The molecule has 0 aliphatic carbocycles. The summed E-state index contributed by atoms with van der Waals surface area (Å²) >= 11 is 0. The van der Waals surface area contributed by atoms with Gasteiger partial charge < -0.3 is 4.43 Å². The Morgan fingerprint density at radius 3 is 2.59 bits per heavy atom. The third kappa shape index (κ3) is 3.10. The van der Waals surface area contributed by atoms with Gasteiger partial charge in [-0.2, -0.15) is 0 Å². The molecule has 0 amide bonds. The third-order valence-electron chi connectivity index (χ3n) is 4.53. The Morgan fingerprint density at radius 2 is 2.00 bits per heavy atom. The second kappa shape index (κ2) is 5.89. The van der Waals surface area contributed by atoms with E-state index >= 15 is 0 Å². The molecule has 0 radical (unpaired) electrons. The van der Waals surface area contributed by atoms with Crippen LogP contribution in [-0.4, -0.2) is 19.6 Å². The van der Waals surface area contributed by atoms with Crippen LogP contribution in [0.15, 0.2) is 24.5 Å². The van der Waals surface area contributed by atoms with Gasteiger partial charge in [0.2, 0.25) is 0 Å². The van der Waals surface area contributed by atoms with Gasteiger partial charge in [-0.25, -0.2) is 4.39 Å². The maximum absolute atomic E-state index is 14.1. The van der Waals surface area contributed by atoms with E-state index in [1.165, 1.54) is 6.07 Å². The van der Waals surface area contributed by atoms with Crippen LogP contribution in [0.4, 0.5) is 4.39 Å². The first-order valence-electron chi connectivity index (χ1n) is 7.31. The minimum absolute atomic E-state index is 0.0773. The number of carbonyl (C=O) groups excluding carboxylic acids is 1. The summed E-state index contributed by atoms with van der Waals surface area (Å²) in [5.41, 5.74) is 0.810. The molecule has 22 heavy (non-hydrogen) atoms. The molecule has 0 spiro atoms. The molecule has 0 unspecified atom stereocenters. The summed E-state index contributed by atoms with van der Waals surface area (Å²) in [6.07, 6.45) is 3.77. The number of benzene rings is 1. The van der Waals surface area contributed by atoms with E-state index in [4.69, 9.17) is 4.43 Å². The van der Waals surface area contributed by atoms with E-state index < -0.39 is 14.1 Å².